The fourth-order valence-electron chi connectivity index (χ4n) is 5.23. The minimum Gasteiger partial charge on any atom is -1.00 e. The van der Waals surface area contributed by atoms with Crippen molar-refractivity contribution in [3.05, 3.63) is 66.0 Å². The third-order valence-corrected chi connectivity index (χ3v) is 7.60. The third-order valence-electron chi connectivity index (χ3n) is 7.60. The van der Waals surface area contributed by atoms with Gasteiger partial charge in [0.25, 0.3) is 0 Å². The van der Waals surface area contributed by atoms with Crippen LogP contribution in [0.15, 0.2) is 53.9 Å². The molecule has 17 heteroatoms. The molecule has 0 saturated carbocycles. The summed E-state index contributed by atoms with van der Waals surface area (Å²) in [5, 5.41) is 28.1. The van der Waals surface area contributed by atoms with Gasteiger partial charge in [0.1, 0.15) is 24.5 Å². The molecule has 1 fully saturated rings. The molecule has 3 heterocycles. The van der Waals surface area contributed by atoms with Crippen LogP contribution < -0.4 is 22.3 Å². The van der Waals surface area contributed by atoms with Gasteiger partial charge in [0, 0.05) is 30.4 Å². The average Bonchev–Trinajstić information content (AvgIpc) is 3.75. The van der Waals surface area contributed by atoms with E-state index in [9.17, 15) is 19.1 Å². The number of carbonyl (C=O) groups excluding carboxylic acids is 2. The Morgan fingerprint density at radius 1 is 1.14 bits per heavy atom. The van der Waals surface area contributed by atoms with Gasteiger partial charge in [0.15, 0.2) is 24.8 Å². The zero-order valence-electron chi connectivity index (χ0n) is 24.2. The largest absolute Gasteiger partial charge is 1.00 e. The fraction of sp³-hybridized carbons (Fsp3) is 0.407. The fourth-order valence-corrected chi connectivity index (χ4v) is 5.23. The van der Waals surface area contributed by atoms with E-state index in [0.29, 0.717) is 29.0 Å². The maximum atomic E-state index is 15.2. The summed E-state index contributed by atoms with van der Waals surface area (Å²) >= 11 is 0. The molecule has 1 aromatic heterocycles. The highest BCUT2D eigenvalue weighted by atomic mass is 35.5. The summed E-state index contributed by atoms with van der Waals surface area (Å²) in [5.74, 6) is -1.75. The second-order valence-electron chi connectivity index (χ2n) is 10.2. The number of hydrogen-bond acceptors (Lipinski definition) is 10. The number of tetrazole rings is 1. The van der Waals surface area contributed by atoms with Crippen LogP contribution in [0, 0.1) is 11.6 Å². The molecule has 2 unspecified atom stereocenters. The number of rotatable bonds is 10. The Kier molecular flexibility index (Phi) is 9.96. The highest BCUT2D eigenvalue weighted by molar-refractivity contribution is 5.94. The first-order valence-corrected chi connectivity index (χ1v) is 13.7. The van der Waals surface area contributed by atoms with Gasteiger partial charge in [-0.25, -0.2) is 23.1 Å². The highest BCUT2D eigenvalue weighted by Gasteiger charge is 2.49. The van der Waals surface area contributed by atoms with Gasteiger partial charge in [-0.15, -0.1) is 5.10 Å². The number of ether oxygens (including phenoxy) is 2. The first kappa shape index (κ1) is 32.5. The Labute approximate surface area is 257 Å². The molecule has 2 amide bonds. The van der Waals surface area contributed by atoms with E-state index in [0.717, 1.165) is 6.07 Å². The lowest BCUT2D eigenvalue weighted by Gasteiger charge is -2.39. The number of amides is 2. The minimum atomic E-state index is -1.98. The average molecular weight is 636 g/mol. The zero-order chi connectivity index (χ0) is 30.7. The molecule has 0 spiro atoms. The molecule has 5 rings (SSSR count). The number of halogens is 3. The molecule has 2 aliphatic heterocycles. The molecule has 0 bridgehead atoms. The molecule has 44 heavy (non-hydrogen) atoms. The van der Waals surface area contributed by atoms with Crippen molar-refractivity contribution in [3.8, 4) is 5.69 Å². The summed E-state index contributed by atoms with van der Waals surface area (Å²) in [7, 11) is 0. The van der Waals surface area contributed by atoms with E-state index in [1.54, 1.807) is 54.8 Å². The van der Waals surface area contributed by atoms with Crippen molar-refractivity contribution in [1.29, 1.82) is 0 Å². The van der Waals surface area contributed by atoms with E-state index in [-0.39, 0.29) is 50.4 Å². The van der Waals surface area contributed by atoms with Crippen molar-refractivity contribution in [2.75, 3.05) is 37.8 Å². The van der Waals surface area contributed by atoms with Gasteiger partial charge >= 0.3 is 12.2 Å². The molecule has 1 saturated heterocycles. The normalized spacial score (nSPS) is 19.0. The number of hydrogen-bond donors (Lipinski definition) is 2. The number of aromatic nitrogens is 4. The van der Waals surface area contributed by atoms with Crippen molar-refractivity contribution < 1.29 is 50.4 Å². The van der Waals surface area contributed by atoms with Crippen LogP contribution in [0.5, 0.6) is 0 Å². The summed E-state index contributed by atoms with van der Waals surface area (Å²) in [6.45, 7) is 5.61. The molecule has 0 aliphatic carbocycles. The molecule has 236 valence electrons. The van der Waals surface area contributed by atoms with Gasteiger partial charge in [-0.1, -0.05) is 5.10 Å². The highest BCUT2D eigenvalue weighted by Crippen LogP contribution is 2.33. The molecular formula is C27H32ClF2N9O5. The Morgan fingerprint density at radius 2 is 1.86 bits per heavy atom. The molecular weight excluding hydrogens is 604 g/mol. The summed E-state index contributed by atoms with van der Waals surface area (Å²) in [6.07, 6.45) is 1.34. The number of nitrogens with one attached hydrogen (secondary N) is 1. The van der Waals surface area contributed by atoms with Gasteiger partial charge in [-0.05, 0) is 67.6 Å². The number of quaternary nitrogens is 1. The SMILES string of the molecule is CCOC(=O)OC(C)N1C=N[NH+](C[C@](O)(c2ccc(F)cc2F)[C@@H](C)N2CCN(c3ccc(-n4cnnn4)cc3)C2=O)C1.[Cl-]. The van der Waals surface area contributed by atoms with Crippen molar-refractivity contribution in [3.63, 3.8) is 0 Å². The van der Waals surface area contributed by atoms with Crippen molar-refractivity contribution >= 4 is 24.2 Å². The number of aliphatic hydroxyl groups is 1. The summed E-state index contributed by atoms with van der Waals surface area (Å²) < 4.78 is 40.6. The van der Waals surface area contributed by atoms with Gasteiger partial charge < -0.3 is 31.9 Å². The Hall–Kier alpha value is -4.41. The second-order valence-corrected chi connectivity index (χ2v) is 10.2. The standard InChI is InChI=1S/C27H31F2N9O5.ClH/c1-4-42-26(40)43-19(3)34-16-31-35(17-34)14-27(41,23-10-5-20(28)13-24(23)29)18(2)36-11-12-37(25(36)39)21-6-8-22(9-7-21)38-15-30-32-33-38;/h5-10,13,15-16,18-19,41H,4,11-12,14,17H2,1-3H3;1H/t18-,19?,27-;/m1./s1. The predicted molar refractivity (Wildman–Crippen MR) is 147 cm³/mol. The van der Waals surface area contributed by atoms with E-state index in [1.807, 2.05) is 0 Å². The topological polar surface area (TPSA) is 143 Å². The van der Waals surface area contributed by atoms with Crippen LogP contribution in [0.4, 0.5) is 24.1 Å². The van der Waals surface area contributed by atoms with Crippen molar-refractivity contribution in [1.82, 2.24) is 30.0 Å². The van der Waals surface area contributed by atoms with E-state index >= 15 is 4.39 Å². The lowest BCUT2D eigenvalue weighted by molar-refractivity contribution is -0.916. The second kappa shape index (κ2) is 13.5. The van der Waals surface area contributed by atoms with Gasteiger partial charge in [-0.3, -0.25) is 9.80 Å². The quantitative estimate of drug-likeness (QED) is 0.244. The zero-order valence-corrected chi connectivity index (χ0v) is 24.9. The Bertz CT molecular complexity index is 1480. The lowest BCUT2D eigenvalue weighted by Crippen LogP contribution is -3.09. The lowest BCUT2D eigenvalue weighted by atomic mass is 9.85. The molecule has 0 radical (unpaired) electrons. The van der Waals surface area contributed by atoms with Crippen molar-refractivity contribution in [2.24, 2.45) is 5.10 Å². The van der Waals surface area contributed by atoms with E-state index in [4.69, 9.17) is 9.47 Å². The van der Waals surface area contributed by atoms with E-state index in [2.05, 4.69) is 20.6 Å². The van der Waals surface area contributed by atoms with Crippen LogP contribution in [0.1, 0.15) is 26.3 Å². The first-order chi connectivity index (χ1) is 20.6. The predicted octanol–water partition coefficient (Wildman–Crippen LogP) is -1.92. The van der Waals surface area contributed by atoms with E-state index < -0.39 is 35.7 Å². The van der Waals surface area contributed by atoms with Gasteiger partial charge in [0.05, 0.1) is 18.3 Å². The number of carbonyl (C=O) groups is 2. The first-order valence-electron chi connectivity index (χ1n) is 13.7. The van der Waals surface area contributed by atoms with Crippen LogP contribution in [-0.2, 0) is 15.1 Å². The van der Waals surface area contributed by atoms with Gasteiger partial charge in [-0.2, -0.15) is 5.01 Å². The van der Waals surface area contributed by atoms with Crippen LogP contribution >= 0.6 is 0 Å². The molecule has 2 aromatic carbocycles. The minimum absolute atomic E-state index is 0. The van der Waals surface area contributed by atoms with Crippen LogP contribution in [0.2, 0.25) is 0 Å². The van der Waals surface area contributed by atoms with Gasteiger partial charge in [0.2, 0.25) is 0 Å². The monoisotopic (exact) mass is 635 g/mol. The van der Waals surface area contributed by atoms with Crippen molar-refractivity contribution in [2.45, 2.75) is 38.6 Å². The number of benzene rings is 2. The maximum Gasteiger partial charge on any atom is 0.510 e. The Morgan fingerprint density at radius 3 is 2.52 bits per heavy atom. The smallest absolute Gasteiger partial charge is 0.510 e. The van der Waals surface area contributed by atoms with E-state index in [1.165, 1.54) is 28.3 Å². The number of urea groups is 1. The summed E-state index contributed by atoms with van der Waals surface area (Å²) in [6, 6.07) is 8.65. The molecule has 3 aromatic rings. The molecule has 14 nitrogen and oxygen atoms in total. The third kappa shape index (κ3) is 6.56. The summed E-state index contributed by atoms with van der Waals surface area (Å²) in [4.78, 5) is 30.0. The van der Waals surface area contributed by atoms with Crippen LogP contribution in [0.3, 0.4) is 0 Å². The van der Waals surface area contributed by atoms with Crippen LogP contribution in [-0.4, -0.2) is 98.8 Å². The summed E-state index contributed by atoms with van der Waals surface area (Å²) in [5.41, 5.74) is -0.831. The molecule has 2 N–H and O–H groups in total. The number of anilines is 1. The number of nitrogens with zero attached hydrogens (tertiary/aromatic N) is 8. The van der Waals surface area contributed by atoms with Crippen LogP contribution in [0.25, 0.3) is 5.69 Å². The molecule has 2 aliphatic rings. The Balaban J connectivity index is 0.00000442. The maximum absolute atomic E-state index is 15.2. The molecule has 4 atom stereocenters.